The van der Waals surface area contributed by atoms with Crippen LogP contribution in [0, 0.1) is 17.5 Å². The number of nitrogens with zero attached hydrogens (tertiary/aromatic N) is 6. The molecule has 0 radical (unpaired) electrons. The van der Waals surface area contributed by atoms with Gasteiger partial charge in [-0.3, -0.25) is 0 Å². The largest absolute Gasteiger partial charge is 0.388 e. The molecule has 3 heterocycles. The van der Waals surface area contributed by atoms with Gasteiger partial charge in [-0.05, 0) is 17.7 Å². The van der Waals surface area contributed by atoms with Gasteiger partial charge < -0.3 is 19.3 Å². The number of aromatic nitrogens is 3. The van der Waals surface area contributed by atoms with Crippen LogP contribution in [0.1, 0.15) is 17.9 Å². The average molecular weight is 474 g/mol. The Bertz CT molecular complexity index is 1220. The van der Waals surface area contributed by atoms with Gasteiger partial charge in [-0.25, -0.2) is 17.9 Å². The fourth-order valence-corrected chi connectivity index (χ4v) is 4.08. The van der Waals surface area contributed by atoms with E-state index in [0.29, 0.717) is 0 Å². The molecule has 1 N–H and O–H groups in total. The van der Waals surface area contributed by atoms with Gasteiger partial charge >= 0.3 is 0 Å². The van der Waals surface area contributed by atoms with Crippen molar-refractivity contribution in [1.29, 1.82) is 0 Å². The molecule has 176 valence electrons. The van der Waals surface area contributed by atoms with Crippen LogP contribution in [0.4, 0.5) is 13.2 Å². The van der Waals surface area contributed by atoms with Crippen molar-refractivity contribution < 1.29 is 32.5 Å². The SMILES string of the molecule is [N-]=[N+]=N[C@@H]1O[C@@H]2CO[C@H](c3ccccc3)O[C@@H]2[C@H](n2cc(-c3cc(F)c(F)c(F)c3)nn2)[C@H]1O. The van der Waals surface area contributed by atoms with Crippen LogP contribution < -0.4 is 0 Å². The smallest absolute Gasteiger partial charge is 0.194 e. The molecule has 0 saturated carbocycles. The summed E-state index contributed by atoms with van der Waals surface area (Å²) in [6.45, 7) is 0.0703. The van der Waals surface area contributed by atoms with Crippen molar-refractivity contribution in [3.05, 3.63) is 82.1 Å². The van der Waals surface area contributed by atoms with Crippen LogP contribution in [0.3, 0.4) is 0 Å². The minimum absolute atomic E-state index is 0.0278. The highest BCUT2D eigenvalue weighted by Crippen LogP contribution is 2.39. The number of rotatable bonds is 4. The van der Waals surface area contributed by atoms with E-state index in [-0.39, 0.29) is 17.9 Å². The Hall–Kier alpha value is -3.48. The van der Waals surface area contributed by atoms with Gasteiger partial charge in [0, 0.05) is 16.0 Å². The third kappa shape index (κ3) is 4.00. The van der Waals surface area contributed by atoms with Gasteiger partial charge in [0.1, 0.15) is 30.0 Å². The Labute approximate surface area is 190 Å². The molecule has 2 aromatic carbocycles. The summed E-state index contributed by atoms with van der Waals surface area (Å²) in [6, 6.07) is 9.72. The molecule has 10 nitrogen and oxygen atoms in total. The van der Waals surface area contributed by atoms with Gasteiger partial charge in [0.15, 0.2) is 30.0 Å². The van der Waals surface area contributed by atoms with Gasteiger partial charge in [0.2, 0.25) is 0 Å². The summed E-state index contributed by atoms with van der Waals surface area (Å²) in [4.78, 5) is 2.71. The second-order valence-electron chi connectivity index (χ2n) is 7.77. The normalized spacial score (nSPS) is 28.7. The highest BCUT2D eigenvalue weighted by molar-refractivity contribution is 5.57. The first-order valence-corrected chi connectivity index (χ1v) is 10.2. The first kappa shape index (κ1) is 22.3. The molecule has 6 atom stereocenters. The quantitative estimate of drug-likeness (QED) is 0.267. The first-order valence-electron chi connectivity index (χ1n) is 10.2. The van der Waals surface area contributed by atoms with E-state index in [1.54, 1.807) is 0 Å². The molecule has 3 aromatic rings. The molecular weight excluding hydrogens is 457 g/mol. The maximum absolute atomic E-state index is 13.7. The fraction of sp³-hybridized carbons (Fsp3) is 0.333. The Morgan fingerprint density at radius 3 is 2.56 bits per heavy atom. The molecule has 2 aliphatic rings. The Morgan fingerprint density at radius 2 is 1.85 bits per heavy atom. The topological polar surface area (TPSA) is 127 Å². The number of ether oxygens (including phenoxy) is 3. The summed E-state index contributed by atoms with van der Waals surface area (Å²) in [5.74, 6) is -4.35. The first-order chi connectivity index (χ1) is 16.5. The summed E-state index contributed by atoms with van der Waals surface area (Å²) < 4.78 is 59.6. The number of hydrogen-bond acceptors (Lipinski definition) is 7. The molecule has 2 saturated heterocycles. The number of fused-ring (bicyclic) bond motifs is 1. The predicted molar refractivity (Wildman–Crippen MR) is 108 cm³/mol. The van der Waals surface area contributed by atoms with Crippen LogP contribution in [-0.2, 0) is 14.2 Å². The van der Waals surface area contributed by atoms with Gasteiger partial charge in [-0.1, -0.05) is 40.7 Å². The maximum atomic E-state index is 13.7. The van der Waals surface area contributed by atoms with Crippen LogP contribution in [0.15, 0.2) is 53.8 Å². The molecule has 1 aromatic heterocycles. The molecule has 0 bridgehead atoms. The van der Waals surface area contributed by atoms with E-state index in [1.165, 1.54) is 10.9 Å². The van der Waals surface area contributed by atoms with Crippen LogP contribution in [0.5, 0.6) is 0 Å². The molecule has 0 spiro atoms. The molecule has 2 fully saturated rings. The second-order valence-corrected chi connectivity index (χ2v) is 7.77. The summed E-state index contributed by atoms with van der Waals surface area (Å²) >= 11 is 0. The molecule has 5 rings (SSSR count). The molecule has 0 unspecified atom stereocenters. The fourth-order valence-electron chi connectivity index (χ4n) is 4.08. The lowest BCUT2D eigenvalue weighted by Crippen LogP contribution is -2.58. The minimum Gasteiger partial charge on any atom is -0.388 e. The number of aliphatic hydroxyl groups is 1. The van der Waals surface area contributed by atoms with Crippen molar-refractivity contribution in [3.8, 4) is 11.3 Å². The summed E-state index contributed by atoms with van der Waals surface area (Å²) in [5.41, 5.74) is 9.59. The van der Waals surface area contributed by atoms with Crippen molar-refractivity contribution in [2.75, 3.05) is 6.61 Å². The average Bonchev–Trinajstić information content (AvgIpc) is 3.33. The molecule has 0 aliphatic carbocycles. The summed E-state index contributed by atoms with van der Waals surface area (Å²) in [6.07, 6.45) is -3.65. The lowest BCUT2D eigenvalue weighted by molar-refractivity contribution is -0.315. The van der Waals surface area contributed by atoms with Gasteiger partial charge in [-0.2, -0.15) is 0 Å². The number of halogens is 3. The Morgan fingerprint density at radius 1 is 1.12 bits per heavy atom. The third-order valence-corrected chi connectivity index (χ3v) is 5.68. The highest BCUT2D eigenvalue weighted by Gasteiger charge is 2.50. The van der Waals surface area contributed by atoms with Crippen LogP contribution in [0.25, 0.3) is 21.7 Å². The van der Waals surface area contributed by atoms with Gasteiger partial charge in [0.25, 0.3) is 0 Å². The maximum Gasteiger partial charge on any atom is 0.194 e. The van der Waals surface area contributed by atoms with E-state index in [1.807, 2.05) is 30.3 Å². The van der Waals surface area contributed by atoms with E-state index >= 15 is 0 Å². The lowest BCUT2D eigenvalue weighted by Gasteiger charge is -2.47. The van der Waals surface area contributed by atoms with Crippen LogP contribution in [-0.4, -0.2) is 51.2 Å². The zero-order valence-corrected chi connectivity index (χ0v) is 17.3. The van der Waals surface area contributed by atoms with Crippen molar-refractivity contribution in [1.82, 2.24) is 15.0 Å². The van der Waals surface area contributed by atoms with Crippen LogP contribution in [0.2, 0.25) is 0 Å². The molecule has 13 heteroatoms. The highest BCUT2D eigenvalue weighted by atomic mass is 19.2. The second kappa shape index (κ2) is 9.05. The van der Waals surface area contributed by atoms with E-state index in [0.717, 1.165) is 17.7 Å². The molecule has 0 amide bonds. The van der Waals surface area contributed by atoms with Crippen molar-refractivity contribution in [3.63, 3.8) is 0 Å². The summed E-state index contributed by atoms with van der Waals surface area (Å²) in [7, 11) is 0. The van der Waals surface area contributed by atoms with Crippen molar-refractivity contribution >= 4 is 0 Å². The Kier molecular flexibility index (Phi) is 5.94. The molecule has 34 heavy (non-hydrogen) atoms. The third-order valence-electron chi connectivity index (χ3n) is 5.68. The zero-order valence-electron chi connectivity index (χ0n) is 17.3. The van der Waals surface area contributed by atoms with Gasteiger partial charge in [0.05, 0.1) is 12.8 Å². The lowest BCUT2D eigenvalue weighted by atomic mass is 9.94. The van der Waals surface area contributed by atoms with E-state index in [2.05, 4.69) is 20.3 Å². The van der Waals surface area contributed by atoms with Crippen molar-refractivity contribution in [2.45, 2.75) is 36.9 Å². The van der Waals surface area contributed by atoms with Gasteiger partial charge in [-0.15, -0.1) is 5.10 Å². The number of azide groups is 1. The van der Waals surface area contributed by atoms with E-state index in [4.69, 9.17) is 19.7 Å². The van der Waals surface area contributed by atoms with E-state index in [9.17, 15) is 18.3 Å². The summed E-state index contributed by atoms with van der Waals surface area (Å²) in [5, 5.41) is 22.3. The molecular formula is C21H17F3N6O4. The monoisotopic (exact) mass is 474 g/mol. The minimum atomic E-state index is -1.60. The number of hydrogen-bond donors (Lipinski definition) is 1. The van der Waals surface area contributed by atoms with Crippen LogP contribution >= 0.6 is 0 Å². The van der Waals surface area contributed by atoms with E-state index < -0.39 is 54.3 Å². The molecule has 2 aliphatic heterocycles. The Balaban J connectivity index is 1.50. The van der Waals surface area contributed by atoms with Crippen molar-refractivity contribution in [2.24, 2.45) is 5.11 Å². The zero-order chi connectivity index (χ0) is 23.8. The standard InChI is InChI=1S/C21H17F3N6O4/c22-12-6-11(7-13(23)16(12)24)14-8-30(29-26-14)17-18(31)20(27-28-25)33-15-9-32-21(34-19(15)17)10-4-2-1-3-5-10/h1-8,15,17-21,31H,9H2/t15-,17-,18-,19+,20-,21+/m1/s1. The number of aliphatic hydroxyl groups excluding tert-OH is 1. The predicted octanol–water partition coefficient (Wildman–Crippen LogP) is 3.41. The number of benzene rings is 2.